The Hall–Kier alpha value is -2.90. The largest absolute Gasteiger partial charge is 0.324 e. The second-order valence-corrected chi connectivity index (χ2v) is 7.98. The third kappa shape index (κ3) is 3.12. The van der Waals surface area contributed by atoms with E-state index in [2.05, 4.69) is 33.7 Å². The highest BCUT2D eigenvalue weighted by atomic mass is 16.2. The molecule has 0 unspecified atom stereocenters. The molecule has 0 aromatic carbocycles. The second kappa shape index (κ2) is 6.92. The number of urea groups is 1. The molecular weight excluding hydrogens is 354 g/mol. The molecule has 8 heteroatoms. The van der Waals surface area contributed by atoms with E-state index in [1.165, 1.54) is 24.8 Å². The average Bonchev–Trinajstić information content (AvgIpc) is 3.27. The summed E-state index contributed by atoms with van der Waals surface area (Å²) in [5, 5.41) is 16.1. The summed E-state index contributed by atoms with van der Waals surface area (Å²) in [6, 6.07) is 4.13. The number of amides is 2. The molecule has 1 aliphatic heterocycles. The smallest absolute Gasteiger partial charge is 0.321 e. The van der Waals surface area contributed by atoms with E-state index in [1.807, 2.05) is 38.5 Å². The Morgan fingerprint density at radius 3 is 2.61 bits per heavy atom. The standard InChI is InChI=1S/C20H25N7O/c1-14-11-21-27(12-14)17-7-9-25(10-8-17)20(28)22-16-5-6-18-23-24-19(26(18)13-16)15-3-2-4-15/h5-6,11-13,15,17H,2-4,7-10H2,1H3,(H,22,28). The highest BCUT2D eigenvalue weighted by molar-refractivity contribution is 5.89. The lowest BCUT2D eigenvalue weighted by molar-refractivity contribution is 0.180. The van der Waals surface area contributed by atoms with Gasteiger partial charge in [-0.1, -0.05) is 6.42 Å². The molecule has 4 heterocycles. The van der Waals surface area contributed by atoms with Gasteiger partial charge in [-0.2, -0.15) is 5.10 Å². The Morgan fingerprint density at radius 2 is 1.93 bits per heavy atom. The second-order valence-electron chi connectivity index (χ2n) is 7.98. The number of likely N-dealkylation sites (tertiary alicyclic amines) is 1. The van der Waals surface area contributed by atoms with E-state index in [9.17, 15) is 4.79 Å². The Morgan fingerprint density at radius 1 is 1.11 bits per heavy atom. The van der Waals surface area contributed by atoms with Crippen LogP contribution in [0.25, 0.3) is 5.65 Å². The summed E-state index contributed by atoms with van der Waals surface area (Å²) in [6.07, 6.45) is 11.3. The maximum Gasteiger partial charge on any atom is 0.321 e. The van der Waals surface area contributed by atoms with Gasteiger partial charge in [-0.05, 0) is 50.3 Å². The third-order valence-corrected chi connectivity index (χ3v) is 6.01. The fourth-order valence-corrected chi connectivity index (χ4v) is 4.10. The van der Waals surface area contributed by atoms with Gasteiger partial charge in [0.15, 0.2) is 5.65 Å². The van der Waals surface area contributed by atoms with Gasteiger partial charge in [0.2, 0.25) is 0 Å². The van der Waals surface area contributed by atoms with Crippen molar-refractivity contribution in [1.82, 2.24) is 29.3 Å². The van der Waals surface area contributed by atoms with Gasteiger partial charge in [-0.15, -0.1) is 10.2 Å². The quantitative estimate of drug-likeness (QED) is 0.757. The number of rotatable bonds is 3. The Kier molecular flexibility index (Phi) is 4.26. The van der Waals surface area contributed by atoms with Crippen LogP contribution in [0.1, 0.15) is 55.5 Å². The summed E-state index contributed by atoms with van der Waals surface area (Å²) in [4.78, 5) is 14.6. The molecule has 0 radical (unpaired) electrons. The monoisotopic (exact) mass is 379 g/mol. The molecule has 2 amide bonds. The minimum atomic E-state index is -0.0484. The molecule has 5 rings (SSSR count). The number of carbonyl (C=O) groups excluding carboxylic acids is 1. The Labute approximate surface area is 163 Å². The first-order chi connectivity index (χ1) is 13.7. The maximum absolute atomic E-state index is 12.7. The van der Waals surface area contributed by atoms with Gasteiger partial charge in [-0.25, -0.2) is 4.79 Å². The molecule has 1 aliphatic carbocycles. The summed E-state index contributed by atoms with van der Waals surface area (Å²) in [7, 11) is 0. The normalized spacial score (nSPS) is 18.4. The zero-order chi connectivity index (χ0) is 19.1. The minimum Gasteiger partial charge on any atom is -0.324 e. The van der Waals surface area contributed by atoms with Gasteiger partial charge in [0, 0.05) is 31.4 Å². The summed E-state index contributed by atoms with van der Waals surface area (Å²) in [6.45, 7) is 3.52. The van der Waals surface area contributed by atoms with Crippen LogP contribution in [-0.4, -0.2) is 48.4 Å². The first-order valence-electron chi connectivity index (χ1n) is 10.1. The molecular formula is C20H25N7O. The van der Waals surface area contributed by atoms with E-state index in [0.29, 0.717) is 12.0 Å². The minimum absolute atomic E-state index is 0.0484. The molecule has 1 N–H and O–H groups in total. The first kappa shape index (κ1) is 17.2. The van der Waals surface area contributed by atoms with Crippen LogP contribution in [0.4, 0.5) is 10.5 Å². The molecule has 2 fully saturated rings. The van der Waals surface area contributed by atoms with E-state index in [1.54, 1.807) is 0 Å². The van der Waals surface area contributed by atoms with Crippen LogP contribution < -0.4 is 5.32 Å². The number of piperidine rings is 1. The molecule has 3 aromatic heterocycles. The lowest BCUT2D eigenvalue weighted by Crippen LogP contribution is -2.41. The van der Waals surface area contributed by atoms with Crippen LogP contribution >= 0.6 is 0 Å². The molecule has 0 bridgehead atoms. The topological polar surface area (TPSA) is 80.3 Å². The van der Waals surface area contributed by atoms with Gasteiger partial charge < -0.3 is 10.2 Å². The molecule has 3 aromatic rings. The van der Waals surface area contributed by atoms with E-state index in [4.69, 9.17) is 0 Å². The van der Waals surface area contributed by atoms with Crippen LogP contribution in [0.15, 0.2) is 30.7 Å². The van der Waals surface area contributed by atoms with Gasteiger partial charge in [0.25, 0.3) is 0 Å². The van der Waals surface area contributed by atoms with Gasteiger partial charge in [0.1, 0.15) is 5.82 Å². The molecule has 8 nitrogen and oxygen atoms in total. The lowest BCUT2D eigenvalue weighted by atomic mass is 9.85. The summed E-state index contributed by atoms with van der Waals surface area (Å²) >= 11 is 0. The number of nitrogens with zero attached hydrogens (tertiary/aromatic N) is 6. The van der Waals surface area contributed by atoms with Crippen molar-refractivity contribution in [3.05, 3.63) is 42.1 Å². The maximum atomic E-state index is 12.7. The number of anilines is 1. The van der Waals surface area contributed by atoms with E-state index in [0.717, 1.165) is 43.1 Å². The number of carbonyl (C=O) groups is 1. The number of fused-ring (bicyclic) bond motifs is 1. The predicted molar refractivity (Wildman–Crippen MR) is 105 cm³/mol. The average molecular weight is 379 g/mol. The van der Waals surface area contributed by atoms with Crippen LogP contribution in [-0.2, 0) is 0 Å². The molecule has 2 aliphatic rings. The first-order valence-corrected chi connectivity index (χ1v) is 10.1. The fraction of sp³-hybridized carbons (Fsp3) is 0.500. The molecule has 0 atom stereocenters. The molecule has 28 heavy (non-hydrogen) atoms. The van der Waals surface area contributed by atoms with E-state index >= 15 is 0 Å². The van der Waals surface area contributed by atoms with E-state index in [-0.39, 0.29) is 6.03 Å². The van der Waals surface area contributed by atoms with Crippen molar-refractivity contribution in [3.63, 3.8) is 0 Å². The predicted octanol–water partition coefficient (Wildman–Crippen LogP) is 3.37. The number of pyridine rings is 1. The summed E-state index contributed by atoms with van der Waals surface area (Å²) < 4.78 is 4.05. The number of aryl methyl sites for hydroxylation is 1. The number of hydrogen-bond donors (Lipinski definition) is 1. The van der Waals surface area contributed by atoms with Crippen molar-refractivity contribution in [3.8, 4) is 0 Å². The van der Waals surface area contributed by atoms with Crippen LogP contribution in [0, 0.1) is 6.92 Å². The Balaban J connectivity index is 1.24. The zero-order valence-electron chi connectivity index (χ0n) is 16.1. The van der Waals surface area contributed by atoms with Crippen LogP contribution in [0.2, 0.25) is 0 Å². The zero-order valence-corrected chi connectivity index (χ0v) is 16.1. The fourth-order valence-electron chi connectivity index (χ4n) is 4.10. The summed E-state index contributed by atoms with van der Waals surface area (Å²) in [5.41, 5.74) is 2.78. The van der Waals surface area contributed by atoms with Crippen molar-refractivity contribution in [2.45, 2.75) is 51.0 Å². The van der Waals surface area contributed by atoms with Gasteiger partial charge in [-0.3, -0.25) is 9.08 Å². The number of hydrogen-bond acceptors (Lipinski definition) is 4. The van der Waals surface area contributed by atoms with E-state index < -0.39 is 0 Å². The highest BCUT2D eigenvalue weighted by Gasteiger charge is 2.26. The summed E-state index contributed by atoms with van der Waals surface area (Å²) in [5.74, 6) is 1.50. The van der Waals surface area contributed by atoms with Crippen molar-refractivity contribution in [2.24, 2.45) is 0 Å². The van der Waals surface area contributed by atoms with Crippen molar-refractivity contribution >= 4 is 17.4 Å². The number of nitrogens with one attached hydrogen (secondary N) is 1. The molecule has 1 saturated heterocycles. The molecule has 0 spiro atoms. The van der Waals surface area contributed by atoms with Crippen LogP contribution in [0.3, 0.4) is 0 Å². The van der Waals surface area contributed by atoms with Crippen molar-refractivity contribution in [2.75, 3.05) is 18.4 Å². The molecule has 146 valence electrons. The lowest BCUT2D eigenvalue weighted by Gasteiger charge is -2.32. The van der Waals surface area contributed by atoms with Gasteiger partial charge >= 0.3 is 6.03 Å². The third-order valence-electron chi connectivity index (χ3n) is 6.01. The number of aromatic nitrogens is 5. The Bertz CT molecular complexity index is 995. The van der Waals surface area contributed by atoms with Gasteiger partial charge in [0.05, 0.1) is 17.9 Å². The molecule has 1 saturated carbocycles. The highest BCUT2D eigenvalue weighted by Crippen LogP contribution is 2.35. The van der Waals surface area contributed by atoms with Crippen LogP contribution in [0.5, 0.6) is 0 Å². The van der Waals surface area contributed by atoms with Crippen molar-refractivity contribution in [1.29, 1.82) is 0 Å². The SMILES string of the molecule is Cc1cnn(C2CCN(C(=O)Nc3ccc4nnc(C5CCC5)n4c3)CC2)c1. The van der Waals surface area contributed by atoms with Crippen molar-refractivity contribution < 1.29 is 4.79 Å².